The van der Waals surface area contributed by atoms with Crippen LogP contribution in [0.3, 0.4) is 0 Å². The third kappa shape index (κ3) is 2.86. The molecule has 0 amide bonds. The summed E-state index contributed by atoms with van der Waals surface area (Å²) in [5, 5.41) is 4.90. The highest BCUT2D eigenvalue weighted by molar-refractivity contribution is 6.12. The van der Waals surface area contributed by atoms with Crippen molar-refractivity contribution in [3.05, 3.63) is 35.4 Å². The zero-order valence-electron chi connectivity index (χ0n) is 19.2. The molecule has 2 heterocycles. The van der Waals surface area contributed by atoms with Crippen LogP contribution in [0.15, 0.2) is 24.3 Å². The summed E-state index contributed by atoms with van der Waals surface area (Å²) in [6, 6.07) is 9.28. The van der Waals surface area contributed by atoms with Gasteiger partial charge in [0, 0.05) is 24.8 Å². The first-order valence-electron chi connectivity index (χ1n) is 11.2. The van der Waals surface area contributed by atoms with Gasteiger partial charge in [-0.25, -0.2) is 0 Å². The second-order valence-electron chi connectivity index (χ2n) is 8.88. The fourth-order valence-electron chi connectivity index (χ4n) is 6.12. The average molecular weight is 423 g/mol. The minimum atomic E-state index is 0.700. The van der Waals surface area contributed by atoms with E-state index in [1.165, 1.54) is 63.1 Å². The highest BCUT2D eigenvalue weighted by Gasteiger charge is 2.45. The van der Waals surface area contributed by atoms with E-state index >= 15 is 0 Å². The van der Waals surface area contributed by atoms with Gasteiger partial charge in [0.05, 0.1) is 47.6 Å². The van der Waals surface area contributed by atoms with E-state index < -0.39 is 0 Å². The Labute approximate surface area is 184 Å². The molecule has 0 spiro atoms. The molecule has 0 radical (unpaired) electrons. The molecule has 1 saturated heterocycles. The summed E-state index contributed by atoms with van der Waals surface area (Å²) in [6.45, 7) is 5.89. The molecule has 2 aliphatic heterocycles. The van der Waals surface area contributed by atoms with Crippen molar-refractivity contribution in [1.29, 1.82) is 0 Å². The van der Waals surface area contributed by atoms with E-state index in [1.807, 2.05) is 0 Å². The second kappa shape index (κ2) is 7.49. The van der Waals surface area contributed by atoms with Crippen molar-refractivity contribution < 1.29 is 23.4 Å². The molecule has 3 aromatic rings. The molecular weight excluding hydrogens is 390 g/mol. The number of hydrogen-bond donors (Lipinski definition) is 0. The summed E-state index contributed by atoms with van der Waals surface area (Å²) in [4.78, 5) is 0. The fraction of sp³-hybridized carbons (Fsp3) is 0.462. The summed E-state index contributed by atoms with van der Waals surface area (Å²) in [5.74, 6) is 3.07. The van der Waals surface area contributed by atoms with Gasteiger partial charge in [-0.15, -0.1) is 0 Å². The lowest BCUT2D eigenvalue weighted by molar-refractivity contribution is -0.952. The predicted molar refractivity (Wildman–Crippen MR) is 124 cm³/mol. The van der Waals surface area contributed by atoms with Gasteiger partial charge in [-0.05, 0) is 58.3 Å². The Morgan fingerprint density at radius 1 is 0.742 bits per heavy atom. The molecule has 31 heavy (non-hydrogen) atoms. The van der Waals surface area contributed by atoms with Crippen LogP contribution in [0.2, 0.25) is 0 Å². The van der Waals surface area contributed by atoms with Crippen molar-refractivity contribution in [2.45, 2.75) is 38.8 Å². The summed E-state index contributed by atoms with van der Waals surface area (Å²) < 4.78 is 23.9. The Balaban J connectivity index is 1.91. The van der Waals surface area contributed by atoms with Gasteiger partial charge in [-0.1, -0.05) is 0 Å². The van der Waals surface area contributed by atoms with Crippen molar-refractivity contribution in [1.82, 2.24) is 0 Å². The zero-order chi connectivity index (χ0) is 21.8. The fourth-order valence-corrected chi connectivity index (χ4v) is 6.12. The third-order valence-corrected chi connectivity index (χ3v) is 7.81. The van der Waals surface area contributed by atoms with Crippen LogP contribution in [0.25, 0.3) is 21.5 Å². The highest BCUT2D eigenvalue weighted by Crippen LogP contribution is 2.48. The van der Waals surface area contributed by atoms with Crippen LogP contribution < -0.4 is 18.9 Å². The molecule has 164 valence electrons. The number of quaternary nitrogens is 1. The topological polar surface area (TPSA) is 36.9 Å². The number of fused-ring (bicyclic) bond motifs is 7. The van der Waals surface area contributed by atoms with Crippen molar-refractivity contribution in [2.75, 3.05) is 41.5 Å². The maximum Gasteiger partial charge on any atom is 0.161 e. The molecule has 5 heteroatoms. The van der Waals surface area contributed by atoms with Crippen LogP contribution >= 0.6 is 0 Å². The van der Waals surface area contributed by atoms with Crippen LogP contribution in [-0.4, -0.2) is 52.1 Å². The SMILES string of the molecule is CC[N@+]12CCC[C@H]1Cc1c(c3cc(OC)c(OC)cc3c3cc(OC)c(OC)cc13)C2. The van der Waals surface area contributed by atoms with Crippen molar-refractivity contribution in [3.8, 4) is 23.0 Å². The monoisotopic (exact) mass is 422 g/mol. The van der Waals surface area contributed by atoms with Gasteiger partial charge in [-0.3, -0.25) is 0 Å². The van der Waals surface area contributed by atoms with E-state index in [0.717, 1.165) is 36.0 Å². The summed E-state index contributed by atoms with van der Waals surface area (Å²) >= 11 is 0. The average Bonchev–Trinajstić information content (AvgIpc) is 3.24. The van der Waals surface area contributed by atoms with Gasteiger partial charge in [0.2, 0.25) is 0 Å². The van der Waals surface area contributed by atoms with Gasteiger partial charge in [0.25, 0.3) is 0 Å². The molecule has 0 N–H and O–H groups in total. The molecule has 2 atom stereocenters. The summed E-state index contributed by atoms with van der Waals surface area (Å²) in [7, 11) is 6.81. The summed E-state index contributed by atoms with van der Waals surface area (Å²) in [6.07, 6.45) is 3.74. The largest absolute Gasteiger partial charge is 0.493 e. The van der Waals surface area contributed by atoms with Crippen molar-refractivity contribution in [3.63, 3.8) is 0 Å². The number of ether oxygens (including phenoxy) is 4. The number of nitrogens with zero attached hydrogens (tertiary/aromatic N) is 1. The molecule has 0 aromatic heterocycles. The first-order chi connectivity index (χ1) is 15.1. The standard InChI is InChI=1S/C26H32NO4/c1-6-27-9-7-8-16(27)10-17-18-11-23(28-2)24(29-3)12-19(18)20-13-25(30-4)26(31-5)14-21(20)22(17)15-27/h11-14,16H,6-10,15H2,1-5H3/q+1/t16-,27+/m0/s1. The lowest BCUT2D eigenvalue weighted by atomic mass is 9.83. The van der Waals surface area contributed by atoms with Crippen LogP contribution in [0.4, 0.5) is 0 Å². The minimum Gasteiger partial charge on any atom is -0.493 e. The third-order valence-electron chi connectivity index (χ3n) is 7.81. The zero-order valence-corrected chi connectivity index (χ0v) is 19.2. The highest BCUT2D eigenvalue weighted by atomic mass is 16.5. The smallest absolute Gasteiger partial charge is 0.161 e. The predicted octanol–water partition coefficient (Wildman–Crippen LogP) is 5.08. The molecule has 2 aliphatic rings. The molecule has 5 nitrogen and oxygen atoms in total. The van der Waals surface area contributed by atoms with E-state index in [1.54, 1.807) is 28.4 Å². The van der Waals surface area contributed by atoms with Gasteiger partial charge in [-0.2, -0.15) is 0 Å². The molecule has 1 fully saturated rings. The van der Waals surface area contributed by atoms with Crippen LogP contribution in [0.5, 0.6) is 23.0 Å². The first kappa shape index (κ1) is 20.3. The van der Waals surface area contributed by atoms with Crippen LogP contribution in [0, 0.1) is 0 Å². The maximum absolute atomic E-state index is 5.69. The molecule has 0 aliphatic carbocycles. The maximum atomic E-state index is 5.69. The van der Waals surface area contributed by atoms with Crippen LogP contribution in [0.1, 0.15) is 30.9 Å². The molecule has 5 rings (SSSR count). The van der Waals surface area contributed by atoms with Gasteiger partial charge in [0.15, 0.2) is 23.0 Å². The normalized spacial score (nSPS) is 22.3. The van der Waals surface area contributed by atoms with E-state index in [-0.39, 0.29) is 0 Å². The molecule has 0 saturated carbocycles. The number of hydrogen-bond acceptors (Lipinski definition) is 4. The van der Waals surface area contributed by atoms with E-state index in [0.29, 0.717) is 6.04 Å². The van der Waals surface area contributed by atoms with Gasteiger partial charge in [0.1, 0.15) is 6.54 Å². The number of rotatable bonds is 5. The van der Waals surface area contributed by atoms with Gasteiger partial charge < -0.3 is 23.4 Å². The quantitative estimate of drug-likeness (QED) is 0.424. The molecule has 0 bridgehead atoms. The Kier molecular flexibility index (Phi) is 4.89. The second-order valence-corrected chi connectivity index (χ2v) is 8.88. The van der Waals surface area contributed by atoms with Crippen molar-refractivity contribution in [2.24, 2.45) is 0 Å². The Bertz CT molecular complexity index is 1170. The minimum absolute atomic E-state index is 0.700. The first-order valence-corrected chi connectivity index (χ1v) is 11.2. The van der Waals surface area contributed by atoms with E-state index in [9.17, 15) is 0 Å². The number of methoxy groups -OCH3 is 4. The lowest BCUT2D eigenvalue weighted by Gasteiger charge is -2.44. The van der Waals surface area contributed by atoms with E-state index in [4.69, 9.17) is 18.9 Å². The number of likely N-dealkylation sites (N-methyl/N-ethyl adjacent to an activating group) is 1. The van der Waals surface area contributed by atoms with Gasteiger partial charge >= 0.3 is 0 Å². The van der Waals surface area contributed by atoms with E-state index in [2.05, 4.69) is 31.2 Å². The lowest BCUT2D eigenvalue weighted by Crippen LogP contribution is -2.54. The summed E-state index contributed by atoms with van der Waals surface area (Å²) in [5.41, 5.74) is 2.92. The molecule has 3 aromatic carbocycles. The Morgan fingerprint density at radius 2 is 1.23 bits per heavy atom. The number of benzene rings is 3. The van der Waals surface area contributed by atoms with Crippen LogP contribution in [-0.2, 0) is 13.0 Å². The van der Waals surface area contributed by atoms with Crippen molar-refractivity contribution >= 4 is 21.5 Å². The molecule has 0 unspecified atom stereocenters. The Morgan fingerprint density at radius 3 is 1.71 bits per heavy atom. The molecular formula is C26H32NO4+. The Hall–Kier alpha value is -2.66.